The van der Waals surface area contributed by atoms with E-state index in [9.17, 15) is 19.5 Å². The first-order valence-corrected chi connectivity index (χ1v) is 18.8. The standard InChI is InChI=1S/C43H47N5O5/c49-36-15-10-31(11-16-36)9-14-34(33-7-3-1-4-8-33)27-32-12-17-37(18-13-32)53-26-6-2-5-21-46-22-24-47(25-23-46)40-28-35-30-48(43(52)38(35)29-44-40)39-19-20-41(50)45-42(39)51/h1,3-4,7-8,10-13,15-18,27-29,39,49H,2,5-6,9,14,19-26,30H2,(H,45,50,51)/b34-27-. The summed E-state index contributed by atoms with van der Waals surface area (Å²) in [5, 5.41) is 12.0. The zero-order chi connectivity index (χ0) is 36.6. The molecule has 3 amide bonds. The van der Waals surface area contributed by atoms with E-state index in [0.29, 0.717) is 25.1 Å². The lowest BCUT2D eigenvalue weighted by Gasteiger charge is -2.35. The van der Waals surface area contributed by atoms with Crippen molar-refractivity contribution in [3.05, 3.63) is 119 Å². The number of phenolic OH excluding ortho intramolecular Hbond substituents is 1. The summed E-state index contributed by atoms with van der Waals surface area (Å²) >= 11 is 0. The molecule has 3 aliphatic heterocycles. The number of anilines is 1. The predicted molar refractivity (Wildman–Crippen MR) is 205 cm³/mol. The third kappa shape index (κ3) is 9.13. The second kappa shape index (κ2) is 16.9. The van der Waals surface area contributed by atoms with Gasteiger partial charge in [0.1, 0.15) is 23.4 Å². The van der Waals surface area contributed by atoms with E-state index in [1.807, 2.05) is 24.3 Å². The van der Waals surface area contributed by atoms with E-state index in [2.05, 4.69) is 74.7 Å². The molecule has 10 nitrogen and oxygen atoms in total. The fourth-order valence-electron chi connectivity index (χ4n) is 7.38. The molecule has 1 atom stereocenters. The number of nitrogens with zero attached hydrogens (tertiary/aromatic N) is 4. The van der Waals surface area contributed by atoms with Crippen molar-refractivity contribution in [2.24, 2.45) is 0 Å². The van der Waals surface area contributed by atoms with Crippen LogP contribution in [0.4, 0.5) is 5.82 Å². The molecule has 274 valence electrons. The van der Waals surface area contributed by atoms with Gasteiger partial charge in [0.05, 0.1) is 12.2 Å². The van der Waals surface area contributed by atoms with Crippen LogP contribution >= 0.6 is 0 Å². The van der Waals surface area contributed by atoms with Crippen LogP contribution in [0, 0.1) is 0 Å². The van der Waals surface area contributed by atoms with Crippen molar-refractivity contribution >= 4 is 35.2 Å². The molecule has 0 radical (unpaired) electrons. The summed E-state index contributed by atoms with van der Waals surface area (Å²) in [5.41, 5.74) is 6.25. The van der Waals surface area contributed by atoms with Gasteiger partial charge >= 0.3 is 0 Å². The van der Waals surface area contributed by atoms with Crippen LogP contribution in [0.3, 0.4) is 0 Å². The maximum Gasteiger partial charge on any atom is 0.256 e. The van der Waals surface area contributed by atoms with Crippen molar-refractivity contribution in [2.75, 3.05) is 44.2 Å². The molecule has 7 rings (SSSR count). The minimum atomic E-state index is -0.616. The lowest BCUT2D eigenvalue weighted by Crippen LogP contribution is -2.52. The Morgan fingerprint density at radius 2 is 1.68 bits per heavy atom. The first-order valence-electron chi connectivity index (χ1n) is 18.8. The number of carbonyl (C=O) groups is 3. The van der Waals surface area contributed by atoms with E-state index in [0.717, 1.165) is 87.5 Å². The topological polar surface area (TPSA) is 115 Å². The van der Waals surface area contributed by atoms with Gasteiger partial charge in [-0.25, -0.2) is 4.98 Å². The quantitative estimate of drug-likeness (QED) is 0.0917. The minimum absolute atomic E-state index is 0.193. The number of carbonyl (C=O) groups excluding carboxylic acids is 3. The number of hydrogen-bond donors (Lipinski definition) is 2. The van der Waals surface area contributed by atoms with Crippen molar-refractivity contribution in [3.8, 4) is 11.5 Å². The molecule has 10 heteroatoms. The number of unbranched alkanes of at least 4 members (excludes halogenated alkanes) is 2. The van der Waals surface area contributed by atoms with Crippen molar-refractivity contribution in [1.29, 1.82) is 0 Å². The number of allylic oxidation sites excluding steroid dienone is 1. The number of imide groups is 1. The molecule has 0 saturated carbocycles. The van der Waals surface area contributed by atoms with Gasteiger partial charge in [-0.1, -0.05) is 60.7 Å². The zero-order valence-corrected chi connectivity index (χ0v) is 30.1. The highest BCUT2D eigenvalue weighted by atomic mass is 16.5. The highest BCUT2D eigenvalue weighted by Gasteiger charge is 2.39. The Kier molecular flexibility index (Phi) is 11.4. The summed E-state index contributed by atoms with van der Waals surface area (Å²) in [5.74, 6) is 1.17. The number of aryl methyl sites for hydroxylation is 1. The lowest BCUT2D eigenvalue weighted by atomic mass is 9.96. The molecule has 2 N–H and O–H groups in total. The molecule has 2 saturated heterocycles. The summed E-state index contributed by atoms with van der Waals surface area (Å²) in [7, 11) is 0. The smallest absolute Gasteiger partial charge is 0.256 e. The van der Waals surface area contributed by atoms with Crippen LogP contribution in [0.1, 0.15) is 71.1 Å². The molecule has 1 unspecified atom stereocenters. The zero-order valence-electron chi connectivity index (χ0n) is 30.1. The highest BCUT2D eigenvalue weighted by molar-refractivity contribution is 6.05. The fraction of sp³-hybridized carbons (Fsp3) is 0.349. The average molecular weight is 714 g/mol. The average Bonchev–Trinajstić information content (AvgIpc) is 3.51. The molecule has 1 aromatic heterocycles. The maximum atomic E-state index is 13.0. The van der Waals surface area contributed by atoms with Gasteiger partial charge in [-0.2, -0.15) is 0 Å². The normalized spacial score (nSPS) is 17.9. The summed E-state index contributed by atoms with van der Waals surface area (Å²) < 4.78 is 6.08. The van der Waals surface area contributed by atoms with Gasteiger partial charge in [0.2, 0.25) is 11.8 Å². The summed E-state index contributed by atoms with van der Waals surface area (Å²) in [6.07, 6.45) is 9.51. The highest BCUT2D eigenvalue weighted by Crippen LogP contribution is 2.30. The second-order valence-electron chi connectivity index (χ2n) is 14.1. The van der Waals surface area contributed by atoms with Crippen molar-refractivity contribution in [1.82, 2.24) is 20.1 Å². The molecule has 53 heavy (non-hydrogen) atoms. The van der Waals surface area contributed by atoms with E-state index in [-0.39, 0.29) is 24.0 Å². The Balaban J connectivity index is 0.813. The van der Waals surface area contributed by atoms with Gasteiger partial charge in [0.15, 0.2) is 0 Å². The number of amides is 3. The number of piperidine rings is 1. The van der Waals surface area contributed by atoms with E-state index in [1.165, 1.54) is 16.7 Å². The van der Waals surface area contributed by atoms with Crippen LogP contribution in [-0.4, -0.2) is 83.0 Å². The summed E-state index contributed by atoms with van der Waals surface area (Å²) in [6.45, 7) is 5.77. The Bertz CT molecular complexity index is 1920. The third-order valence-electron chi connectivity index (χ3n) is 10.5. The largest absolute Gasteiger partial charge is 0.508 e. The maximum absolute atomic E-state index is 13.0. The monoisotopic (exact) mass is 713 g/mol. The van der Waals surface area contributed by atoms with Crippen molar-refractivity contribution < 1.29 is 24.2 Å². The number of aromatic nitrogens is 1. The Morgan fingerprint density at radius 3 is 2.43 bits per heavy atom. The Morgan fingerprint density at radius 1 is 0.906 bits per heavy atom. The third-order valence-corrected chi connectivity index (χ3v) is 10.5. The lowest BCUT2D eigenvalue weighted by molar-refractivity contribution is -0.136. The first kappa shape index (κ1) is 35.9. The molecule has 3 aromatic carbocycles. The molecular formula is C43H47N5O5. The van der Waals surface area contributed by atoms with Gasteiger partial charge in [-0.05, 0) is 103 Å². The predicted octanol–water partition coefficient (Wildman–Crippen LogP) is 6.09. The fourth-order valence-corrected chi connectivity index (χ4v) is 7.38. The number of pyridine rings is 1. The van der Waals surface area contributed by atoms with Gasteiger partial charge in [0, 0.05) is 45.3 Å². The molecular weight excluding hydrogens is 667 g/mol. The van der Waals surface area contributed by atoms with Gasteiger partial charge < -0.3 is 19.6 Å². The van der Waals surface area contributed by atoms with E-state index >= 15 is 0 Å². The number of nitrogens with one attached hydrogen (secondary N) is 1. The van der Waals surface area contributed by atoms with Crippen LogP contribution in [0.5, 0.6) is 11.5 Å². The molecule has 3 aliphatic rings. The van der Waals surface area contributed by atoms with E-state index in [1.54, 1.807) is 23.2 Å². The number of piperazine rings is 1. The summed E-state index contributed by atoms with van der Waals surface area (Å²) in [4.78, 5) is 47.9. The number of hydrogen-bond acceptors (Lipinski definition) is 8. The van der Waals surface area contributed by atoms with Gasteiger partial charge in [0.25, 0.3) is 5.91 Å². The van der Waals surface area contributed by atoms with E-state index < -0.39 is 11.9 Å². The number of benzene rings is 3. The van der Waals surface area contributed by atoms with Crippen LogP contribution in [-0.2, 0) is 22.6 Å². The molecule has 0 spiro atoms. The van der Waals surface area contributed by atoms with Gasteiger partial charge in [-0.15, -0.1) is 0 Å². The number of aromatic hydroxyl groups is 1. The number of ether oxygens (including phenoxy) is 1. The number of fused-ring (bicyclic) bond motifs is 1. The first-order chi connectivity index (χ1) is 25.9. The Hall–Kier alpha value is -5.48. The van der Waals surface area contributed by atoms with Crippen LogP contribution < -0.4 is 15.0 Å². The molecule has 4 aromatic rings. The SMILES string of the molecule is O=C1CCC(N2Cc3cc(N4CCN(CCCCCOc5ccc(/C=C(/CCc6ccc(O)cc6)c6ccccc6)cc5)CC4)ncc3C2=O)C(=O)N1. The number of phenols is 1. The second-order valence-corrected chi connectivity index (χ2v) is 14.1. The van der Waals surface area contributed by atoms with Crippen LogP contribution in [0.25, 0.3) is 11.6 Å². The molecule has 0 aliphatic carbocycles. The molecule has 2 fully saturated rings. The minimum Gasteiger partial charge on any atom is -0.508 e. The van der Waals surface area contributed by atoms with Crippen molar-refractivity contribution in [3.63, 3.8) is 0 Å². The van der Waals surface area contributed by atoms with Gasteiger partial charge in [-0.3, -0.25) is 24.6 Å². The summed E-state index contributed by atoms with van der Waals surface area (Å²) in [6, 6.07) is 27.6. The number of rotatable bonds is 14. The van der Waals surface area contributed by atoms with Crippen molar-refractivity contribution in [2.45, 2.75) is 57.5 Å². The van der Waals surface area contributed by atoms with Crippen LogP contribution in [0.15, 0.2) is 91.1 Å². The van der Waals surface area contributed by atoms with E-state index in [4.69, 9.17) is 4.74 Å². The molecule has 0 bridgehead atoms. The van der Waals surface area contributed by atoms with Crippen LogP contribution in [0.2, 0.25) is 0 Å². The molecule has 4 heterocycles. The Labute approximate surface area is 311 Å².